The van der Waals surface area contributed by atoms with Crippen molar-refractivity contribution < 1.29 is 8.42 Å². The molecule has 1 aromatic carbocycles. The maximum Gasteiger partial charge on any atom is 0.242 e. The number of hydrogen-bond donors (Lipinski definition) is 1. The number of nitrogens with one attached hydrogen (secondary N) is 1. The lowest BCUT2D eigenvalue weighted by atomic mass is 9.98. The van der Waals surface area contributed by atoms with Crippen molar-refractivity contribution in [1.82, 2.24) is 14.6 Å². The third kappa shape index (κ3) is 5.11. The minimum atomic E-state index is -3.53. The molecule has 25 heavy (non-hydrogen) atoms. The van der Waals surface area contributed by atoms with Crippen molar-refractivity contribution >= 4 is 10.0 Å². The van der Waals surface area contributed by atoms with Gasteiger partial charge in [0, 0.05) is 25.5 Å². The summed E-state index contributed by atoms with van der Waals surface area (Å²) >= 11 is 0. The van der Waals surface area contributed by atoms with Gasteiger partial charge in [-0.3, -0.25) is 9.88 Å². The van der Waals surface area contributed by atoms with Gasteiger partial charge >= 0.3 is 0 Å². The summed E-state index contributed by atoms with van der Waals surface area (Å²) in [5, 5.41) is 0. The van der Waals surface area contributed by atoms with Gasteiger partial charge in [-0.25, -0.2) is 13.1 Å². The molecule has 1 aliphatic rings. The Balaban J connectivity index is 1.60. The normalized spacial score (nSPS) is 16.8. The average Bonchev–Trinajstić information content (AvgIpc) is 2.63. The maximum atomic E-state index is 12.3. The van der Waals surface area contributed by atoms with Crippen LogP contribution < -0.4 is 4.72 Å². The summed E-state index contributed by atoms with van der Waals surface area (Å²) in [6, 6.07) is 11.3. The zero-order valence-corrected chi connectivity index (χ0v) is 15.4. The SMILES string of the molecule is CC1CCN(Cc2cccc(CNS(=O)(=O)c3cccnc3)c2)CC1. The van der Waals surface area contributed by atoms with E-state index < -0.39 is 10.0 Å². The molecule has 1 aliphatic heterocycles. The highest BCUT2D eigenvalue weighted by atomic mass is 32.2. The monoisotopic (exact) mass is 359 g/mol. The molecular formula is C19H25N3O2S. The molecule has 0 saturated carbocycles. The van der Waals surface area contributed by atoms with Crippen molar-refractivity contribution in [2.75, 3.05) is 13.1 Å². The molecule has 1 N–H and O–H groups in total. The molecule has 0 aliphatic carbocycles. The summed E-state index contributed by atoms with van der Waals surface area (Å²) in [5.41, 5.74) is 2.20. The Morgan fingerprint density at radius 2 is 1.92 bits per heavy atom. The van der Waals surface area contributed by atoms with Crippen LogP contribution in [0.4, 0.5) is 0 Å². The molecule has 1 aromatic heterocycles. The van der Waals surface area contributed by atoms with Gasteiger partial charge in [0.15, 0.2) is 0 Å². The van der Waals surface area contributed by atoms with Gasteiger partial charge in [0.25, 0.3) is 0 Å². The third-order valence-electron chi connectivity index (χ3n) is 4.68. The molecule has 0 amide bonds. The molecule has 1 saturated heterocycles. The Morgan fingerprint density at radius 1 is 1.16 bits per heavy atom. The van der Waals surface area contributed by atoms with Crippen molar-refractivity contribution in [3.8, 4) is 0 Å². The lowest BCUT2D eigenvalue weighted by Gasteiger charge is -2.30. The second-order valence-electron chi connectivity index (χ2n) is 6.79. The van der Waals surface area contributed by atoms with Crippen molar-refractivity contribution in [1.29, 1.82) is 0 Å². The average molecular weight is 359 g/mol. The number of hydrogen-bond acceptors (Lipinski definition) is 4. The molecule has 5 nitrogen and oxygen atoms in total. The molecule has 2 heterocycles. The summed E-state index contributed by atoms with van der Waals surface area (Å²) < 4.78 is 27.2. The van der Waals surface area contributed by atoms with Crippen LogP contribution in [0, 0.1) is 5.92 Å². The van der Waals surface area contributed by atoms with E-state index in [0.29, 0.717) is 0 Å². The summed E-state index contributed by atoms with van der Waals surface area (Å²) in [7, 11) is -3.53. The molecule has 0 bridgehead atoms. The smallest absolute Gasteiger partial charge is 0.242 e. The number of aromatic nitrogens is 1. The molecule has 3 rings (SSSR count). The zero-order valence-electron chi connectivity index (χ0n) is 14.6. The highest BCUT2D eigenvalue weighted by Gasteiger charge is 2.16. The molecule has 1 fully saturated rings. The second kappa shape index (κ2) is 8.08. The Morgan fingerprint density at radius 3 is 2.64 bits per heavy atom. The van der Waals surface area contributed by atoms with Crippen LogP contribution >= 0.6 is 0 Å². The van der Waals surface area contributed by atoms with Crippen LogP contribution in [0.25, 0.3) is 0 Å². The van der Waals surface area contributed by atoms with Crippen molar-refractivity contribution in [3.05, 3.63) is 59.9 Å². The molecule has 2 aromatic rings. The van der Waals surface area contributed by atoms with E-state index in [2.05, 4.69) is 33.7 Å². The van der Waals surface area contributed by atoms with Gasteiger partial charge in [-0.05, 0) is 55.1 Å². The Kier molecular flexibility index (Phi) is 5.83. The fourth-order valence-corrected chi connectivity index (χ4v) is 4.06. The standard InChI is InChI=1S/C19H25N3O2S/c1-16-7-10-22(11-8-16)15-18-5-2-4-17(12-18)13-21-25(23,24)19-6-3-9-20-14-19/h2-6,9,12,14,16,21H,7-8,10-11,13,15H2,1H3. The van der Waals surface area contributed by atoms with E-state index in [4.69, 9.17) is 0 Å². The lowest BCUT2D eigenvalue weighted by Crippen LogP contribution is -2.32. The van der Waals surface area contributed by atoms with Crippen molar-refractivity contribution in [2.45, 2.75) is 37.8 Å². The fourth-order valence-electron chi connectivity index (χ4n) is 3.08. The zero-order chi connectivity index (χ0) is 17.7. The van der Waals surface area contributed by atoms with Crippen LogP contribution in [0.15, 0.2) is 53.7 Å². The summed E-state index contributed by atoms with van der Waals surface area (Å²) in [5.74, 6) is 0.824. The van der Waals surface area contributed by atoms with Crippen LogP contribution in [0.5, 0.6) is 0 Å². The van der Waals surface area contributed by atoms with Crippen LogP contribution in [0.1, 0.15) is 30.9 Å². The summed E-state index contributed by atoms with van der Waals surface area (Å²) in [4.78, 5) is 6.53. The minimum absolute atomic E-state index is 0.189. The molecule has 0 radical (unpaired) electrons. The summed E-state index contributed by atoms with van der Waals surface area (Å²) in [6.07, 6.45) is 5.43. The predicted octanol–water partition coefficient (Wildman–Crippen LogP) is 2.79. The first-order chi connectivity index (χ1) is 12.0. The quantitative estimate of drug-likeness (QED) is 0.861. The molecule has 6 heteroatoms. The Hall–Kier alpha value is -1.76. The van der Waals surface area contributed by atoms with Crippen LogP contribution in [-0.4, -0.2) is 31.4 Å². The van der Waals surface area contributed by atoms with E-state index in [-0.39, 0.29) is 11.4 Å². The highest BCUT2D eigenvalue weighted by molar-refractivity contribution is 7.89. The molecule has 0 spiro atoms. The van der Waals surface area contributed by atoms with Gasteiger partial charge in [-0.2, -0.15) is 0 Å². The van der Waals surface area contributed by atoms with Crippen LogP contribution in [-0.2, 0) is 23.1 Å². The van der Waals surface area contributed by atoms with E-state index in [1.807, 2.05) is 12.1 Å². The maximum absolute atomic E-state index is 12.3. The first kappa shape index (κ1) is 18.0. The molecule has 0 unspecified atom stereocenters. The molecule has 0 atom stereocenters. The van der Waals surface area contributed by atoms with Gasteiger partial charge in [0.1, 0.15) is 4.90 Å². The van der Waals surface area contributed by atoms with Crippen molar-refractivity contribution in [3.63, 3.8) is 0 Å². The first-order valence-electron chi connectivity index (χ1n) is 8.73. The van der Waals surface area contributed by atoms with Gasteiger partial charge in [-0.1, -0.05) is 31.2 Å². The van der Waals surface area contributed by atoms with E-state index in [9.17, 15) is 8.42 Å². The number of likely N-dealkylation sites (tertiary alicyclic amines) is 1. The van der Waals surface area contributed by atoms with E-state index in [1.165, 1.54) is 24.6 Å². The molecular weight excluding hydrogens is 334 g/mol. The van der Waals surface area contributed by atoms with E-state index in [1.54, 1.807) is 18.3 Å². The Labute approximate surface area is 150 Å². The van der Waals surface area contributed by atoms with Crippen molar-refractivity contribution in [2.24, 2.45) is 5.92 Å². The lowest BCUT2D eigenvalue weighted by molar-refractivity contribution is 0.185. The van der Waals surface area contributed by atoms with Crippen LogP contribution in [0.3, 0.4) is 0 Å². The molecule has 134 valence electrons. The number of benzene rings is 1. The van der Waals surface area contributed by atoms with Gasteiger partial charge in [-0.15, -0.1) is 0 Å². The van der Waals surface area contributed by atoms with E-state index >= 15 is 0 Å². The summed E-state index contributed by atoms with van der Waals surface area (Å²) in [6.45, 7) is 5.79. The number of piperidine rings is 1. The first-order valence-corrected chi connectivity index (χ1v) is 10.2. The van der Waals surface area contributed by atoms with Gasteiger partial charge in [0.2, 0.25) is 10.0 Å². The number of rotatable bonds is 6. The number of nitrogens with zero attached hydrogens (tertiary/aromatic N) is 2. The Bertz CT molecular complexity index is 785. The van der Waals surface area contributed by atoms with Gasteiger partial charge in [0.05, 0.1) is 0 Å². The second-order valence-corrected chi connectivity index (χ2v) is 8.56. The minimum Gasteiger partial charge on any atom is -0.299 e. The number of pyridine rings is 1. The highest BCUT2D eigenvalue weighted by Crippen LogP contribution is 2.18. The third-order valence-corrected chi connectivity index (χ3v) is 6.07. The van der Waals surface area contributed by atoms with Gasteiger partial charge < -0.3 is 0 Å². The fraction of sp³-hybridized carbons (Fsp3) is 0.421. The van der Waals surface area contributed by atoms with E-state index in [0.717, 1.165) is 31.1 Å². The topological polar surface area (TPSA) is 62.3 Å². The van der Waals surface area contributed by atoms with Crippen LogP contribution in [0.2, 0.25) is 0 Å². The number of sulfonamides is 1. The largest absolute Gasteiger partial charge is 0.299 e. The predicted molar refractivity (Wildman–Crippen MR) is 98.4 cm³/mol.